The number of aromatic nitrogens is 1. The summed E-state index contributed by atoms with van der Waals surface area (Å²) in [4.78, 5) is 11.0. The van der Waals surface area contributed by atoms with Crippen LogP contribution in [0.25, 0.3) is 11.3 Å². The summed E-state index contributed by atoms with van der Waals surface area (Å²) in [6.45, 7) is 1.44. The first-order valence-corrected chi connectivity index (χ1v) is 4.83. The lowest BCUT2D eigenvalue weighted by Crippen LogP contribution is -1.86. The van der Waals surface area contributed by atoms with Crippen molar-refractivity contribution in [1.29, 1.82) is 0 Å². The minimum atomic E-state index is -0.132. The summed E-state index contributed by atoms with van der Waals surface area (Å²) in [6.07, 6.45) is 0. The van der Waals surface area contributed by atoms with Gasteiger partial charge in [-0.25, -0.2) is 0 Å². The Bertz CT molecular complexity index is 499. The third-order valence-electron chi connectivity index (χ3n) is 2.24. The van der Waals surface area contributed by atoms with E-state index in [1.807, 2.05) is 24.3 Å². The molecule has 0 saturated carbocycles. The van der Waals surface area contributed by atoms with E-state index in [1.165, 1.54) is 6.92 Å². The Morgan fingerprint density at radius 3 is 2.50 bits per heavy atom. The number of carbonyl (C=O) groups excluding carboxylic acids is 1. The molecule has 0 unspecified atom stereocenters. The van der Waals surface area contributed by atoms with Crippen molar-refractivity contribution in [2.75, 3.05) is 7.11 Å². The fourth-order valence-corrected chi connectivity index (χ4v) is 1.34. The van der Waals surface area contributed by atoms with Crippen molar-refractivity contribution in [3.8, 4) is 17.0 Å². The van der Waals surface area contributed by atoms with Gasteiger partial charge in [-0.15, -0.1) is 0 Å². The maximum Gasteiger partial charge on any atom is 0.202 e. The van der Waals surface area contributed by atoms with E-state index in [0.29, 0.717) is 5.69 Å². The monoisotopic (exact) mass is 217 g/mol. The molecule has 0 saturated heterocycles. The maximum absolute atomic E-state index is 11.0. The molecule has 0 atom stereocenters. The number of nitrogens with zero attached hydrogens (tertiary/aromatic N) is 1. The van der Waals surface area contributed by atoms with Crippen LogP contribution in [0.4, 0.5) is 0 Å². The van der Waals surface area contributed by atoms with Crippen LogP contribution in [0.15, 0.2) is 34.9 Å². The topological polar surface area (TPSA) is 52.3 Å². The van der Waals surface area contributed by atoms with Crippen LogP contribution in [-0.4, -0.2) is 18.0 Å². The molecule has 0 bridgehead atoms. The second-order valence-electron chi connectivity index (χ2n) is 3.36. The Balaban J connectivity index is 2.31. The van der Waals surface area contributed by atoms with Crippen LogP contribution < -0.4 is 4.74 Å². The number of Topliss-reactive ketones (excluding diaryl/α,β-unsaturated/α-hetero) is 1. The lowest BCUT2D eigenvalue weighted by molar-refractivity contribution is 0.0978. The summed E-state index contributed by atoms with van der Waals surface area (Å²) in [6, 6.07) is 9.01. The first kappa shape index (κ1) is 10.4. The number of rotatable bonds is 3. The van der Waals surface area contributed by atoms with Gasteiger partial charge in [-0.1, -0.05) is 5.16 Å². The summed E-state index contributed by atoms with van der Waals surface area (Å²) in [7, 11) is 1.61. The first-order chi connectivity index (χ1) is 7.70. The van der Waals surface area contributed by atoms with Crippen molar-refractivity contribution < 1.29 is 14.1 Å². The standard InChI is InChI=1S/C12H11NO3/c1-8(14)12-7-11(13-16-12)9-3-5-10(15-2)6-4-9/h3-7H,1-2H3. The van der Waals surface area contributed by atoms with Gasteiger partial charge >= 0.3 is 0 Å². The SMILES string of the molecule is COc1ccc(-c2cc(C(C)=O)on2)cc1. The van der Waals surface area contributed by atoms with Crippen LogP contribution >= 0.6 is 0 Å². The predicted octanol–water partition coefficient (Wildman–Crippen LogP) is 2.55. The normalized spacial score (nSPS) is 10.1. The van der Waals surface area contributed by atoms with Crippen molar-refractivity contribution in [1.82, 2.24) is 5.16 Å². The minimum absolute atomic E-state index is 0.132. The fraction of sp³-hybridized carbons (Fsp3) is 0.167. The van der Waals surface area contributed by atoms with Crippen molar-refractivity contribution in [3.05, 3.63) is 36.1 Å². The molecule has 82 valence electrons. The molecule has 1 aromatic carbocycles. The van der Waals surface area contributed by atoms with E-state index in [4.69, 9.17) is 9.26 Å². The molecule has 1 heterocycles. The maximum atomic E-state index is 11.0. The molecule has 0 amide bonds. The van der Waals surface area contributed by atoms with E-state index >= 15 is 0 Å². The molecule has 4 heteroatoms. The lowest BCUT2D eigenvalue weighted by atomic mass is 10.1. The molecule has 1 aromatic heterocycles. The van der Waals surface area contributed by atoms with Crippen LogP contribution in [0.1, 0.15) is 17.5 Å². The molecule has 2 aromatic rings. The molecule has 4 nitrogen and oxygen atoms in total. The van der Waals surface area contributed by atoms with Crippen LogP contribution in [0.2, 0.25) is 0 Å². The quantitative estimate of drug-likeness (QED) is 0.741. The number of hydrogen-bond acceptors (Lipinski definition) is 4. The fourth-order valence-electron chi connectivity index (χ4n) is 1.34. The summed E-state index contributed by atoms with van der Waals surface area (Å²) in [5, 5.41) is 3.83. The van der Waals surface area contributed by atoms with E-state index in [2.05, 4.69) is 5.16 Å². The summed E-state index contributed by atoms with van der Waals surface area (Å²) < 4.78 is 9.96. The average molecular weight is 217 g/mol. The zero-order valence-electron chi connectivity index (χ0n) is 9.06. The zero-order chi connectivity index (χ0) is 11.5. The van der Waals surface area contributed by atoms with Gasteiger partial charge in [-0.05, 0) is 24.3 Å². The predicted molar refractivity (Wildman–Crippen MR) is 58.5 cm³/mol. The lowest BCUT2D eigenvalue weighted by Gasteiger charge is -1.99. The molecular formula is C12H11NO3. The number of ketones is 1. The molecule has 0 aliphatic heterocycles. The van der Waals surface area contributed by atoms with Crippen LogP contribution in [0.5, 0.6) is 5.75 Å². The van der Waals surface area contributed by atoms with Crippen LogP contribution in [0, 0.1) is 0 Å². The molecule has 0 radical (unpaired) electrons. The molecule has 2 rings (SSSR count). The highest BCUT2D eigenvalue weighted by Crippen LogP contribution is 2.22. The van der Waals surface area contributed by atoms with Gasteiger partial charge in [0.15, 0.2) is 5.78 Å². The molecule has 16 heavy (non-hydrogen) atoms. The van der Waals surface area contributed by atoms with E-state index in [9.17, 15) is 4.79 Å². The Labute approximate surface area is 92.8 Å². The highest BCUT2D eigenvalue weighted by atomic mass is 16.5. The Morgan fingerprint density at radius 2 is 2.00 bits per heavy atom. The second-order valence-corrected chi connectivity index (χ2v) is 3.36. The van der Waals surface area contributed by atoms with Gasteiger partial charge in [-0.3, -0.25) is 4.79 Å². The van der Waals surface area contributed by atoms with Gasteiger partial charge in [0.2, 0.25) is 5.76 Å². The summed E-state index contributed by atoms with van der Waals surface area (Å²) in [5.74, 6) is 0.914. The van der Waals surface area contributed by atoms with Gasteiger partial charge < -0.3 is 9.26 Å². The van der Waals surface area contributed by atoms with Crippen molar-refractivity contribution in [3.63, 3.8) is 0 Å². The number of carbonyl (C=O) groups is 1. The molecule has 0 aliphatic rings. The molecule has 0 aliphatic carbocycles. The first-order valence-electron chi connectivity index (χ1n) is 4.83. The average Bonchev–Trinajstić information content (AvgIpc) is 2.78. The summed E-state index contributed by atoms with van der Waals surface area (Å²) in [5.41, 5.74) is 1.53. The second kappa shape index (κ2) is 4.18. The van der Waals surface area contributed by atoms with Gasteiger partial charge in [0.1, 0.15) is 11.4 Å². The highest BCUT2D eigenvalue weighted by molar-refractivity contribution is 5.92. The third kappa shape index (κ3) is 1.95. The smallest absolute Gasteiger partial charge is 0.202 e. The number of ether oxygens (including phenoxy) is 1. The molecule has 0 N–H and O–H groups in total. The zero-order valence-corrected chi connectivity index (χ0v) is 9.06. The van der Waals surface area contributed by atoms with Gasteiger partial charge in [0.25, 0.3) is 0 Å². The Kier molecular flexibility index (Phi) is 2.72. The highest BCUT2D eigenvalue weighted by Gasteiger charge is 2.09. The molecule has 0 fully saturated rings. The largest absolute Gasteiger partial charge is 0.497 e. The number of hydrogen-bond donors (Lipinski definition) is 0. The van der Waals surface area contributed by atoms with Crippen molar-refractivity contribution >= 4 is 5.78 Å². The Morgan fingerprint density at radius 1 is 1.31 bits per heavy atom. The van der Waals surface area contributed by atoms with Crippen LogP contribution in [-0.2, 0) is 0 Å². The van der Waals surface area contributed by atoms with Gasteiger partial charge in [0, 0.05) is 18.6 Å². The van der Waals surface area contributed by atoms with E-state index < -0.39 is 0 Å². The third-order valence-corrected chi connectivity index (χ3v) is 2.24. The number of methoxy groups -OCH3 is 1. The van der Waals surface area contributed by atoms with Crippen molar-refractivity contribution in [2.45, 2.75) is 6.92 Å². The minimum Gasteiger partial charge on any atom is -0.497 e. The number of benzene rings is 1. The van der Waals surface area contributed by atoms with Gasteiger partial charge in [0.05, 0.1) is 7.11 Å². The Hall–Kier alpha value is -2.10. The van der Waals surface area contributed by atoms with Gasteiger partial charge in [-0.2, -0.15) is 0 Å². The van der Waals surface area contributed by atoms with E-state index in [-0.39, 0.29) is 11.5 Å². The van der Waals surface area contributed by atoms with Crippen molar-refractivity contribution in [2.24, 2.45) is 0 Å². The van der Waals surface area contributed by atoms with E-state index in [1.54, 1.807) is 13.2 Å². The molecular weight excluding hydrogens is 206 g/mol. The summed E-state index contributed by atoms with van der Waals surface area (Å²) >= 11 is 0. The molecule has 0 spiro atoms. The van der Waals surface area contributed by atoms with Crippen LogP contribution in [0.3, 0.4) is 0 Å². The van der Waals surface area contributed by atoms with E-state index in [0.717, 1.165) is 11.3 Å².